The van der Waals surface area contributed by atoms with Crippen LogP contribution in [-0.2, 0) is 29.8 Å². The van der Waals surface area contributed by atoms with Crippen molar-refractivity contribution in [1.82, 2.24) is 4.90 Å². The zero-order valence-electron chi connectivity index (χ0n) is 24.1. The van der Waals surface area contributed by atoms with Crippen LogP contribution in [0.4, 0.5) is 44.3 Å². The predicted molar refractivity (Wildman–Crippen MR) is 143 cm³/mol. The van der Waals surface area contributed by atoms with Crippen LogP contribution >= 0.6 is 0 Å². The van der Waals surface area contributed by atoms with E-state index in [0.29, 0.717) is 29.0 Å². The number of alkyl halides is 9. The van der Waals surface area contributed by atoms with E-state index in [1.54, 1.807) is 12.1 Å². The predicted octanol–water partition coefficient (Wildman–Crippen LogP) is 9.93. The maximum absolute atomic E-state index is 13.8. The van der Waals surface area contributed by atoms with Gasteiger partial charge >= 0.3 is 24.6 Å². The van der Waals surface area contributed by atoms with Crippen molar-refractivity contribution in [2.24, 2.45) is 0 Å². The van der Waals surface area contributed by atoms with Gasteiger partial charge < -0.3 is 9.47 Å². The summed E-state index contributed by atoms with van der Waals surface area (Å²) in [5.41, 5.74) is -2.22. The number of benzene rings is 3. The molecule has 13 heteroatoms. The van der Waals surface area contributed by atoms with Gasteiger partial charge in [0, 0.05) is 5.56 Å². The van der Waals surface area contributed by atoms with Crippen LogP contribution in [0.3, 0.4) is 0 Å². The van der Waals surface area contributed by atoms with E-state index in [1.165, 1.54) is 20.1 Å². The first-order chi connectivity index (χ1) is 20.2. The van der Waals surface area contributed by atoms with Crippen molar-refractivity contribution in [1.29, 1.82) is 0 Å². The molecular weight excluding hydrogens is 605 g/mol. The Labute approximate surface area is 247 Å². The van der Waals surface area contributed by atoms with E-state index in [1.807, 2.05) is 20.8 Å². The number of methoxy groups -OCH3 is 1. The average Bonchev–Trinajstić information content (AvgIpc) is 3.19. The highest BCUT2D eigenvalue weighted by Crippen LogP contribution is 2.43. The zero-order chi connectivity index (χ0) is 32.9. The van der Waals surface area contributed by atoms with E-state index in [0.717, 1.165) is 28.2 Å². The summed E-state index contributed by atoms with van der Waals surface area (Å²) in [7, 11) is 1.39. The lowest BCUT2D eigenvalue weighted by molar-refractivity contribution is -0.143. The number of aryl methyl sites for hydroxylation is 1. The molecule has 1 fully saturated rings. The van der Waals surface area contributed by atoms with E-state index in [2.05, 4.69) is 0 Å². The number of carbonyl (C=O) groups excluding carboxylic acids is 1. The molecule has 3 aromatic rings. The summed E-state index contributed by atoms with van der Waals surface area (Å²) in [6, 6.07) is 6.22. The lowest BCUT2D eigenvalue weighted by Crippen LogP contribution is -2.32. The van der Waals surface area contributed by atoms with Crippen LogP contribution in [0, 0.1) is 6.92 Å². The van der Waals surface area contributed by atoms with Gasteiger partial charge in [-0.3, -0.25) is 4.90 Å². The summed E-state index contributed by atoms with van der Waals surface area (Å²) in [5, 5.41) is 0. The van der Waals surface area contributed by atoms with Crippen LogP contribution in [0.15, 0.2) is 48.5 Å². The first-order valence-electron chi connectivity index (χ1n) is 13.4. The standard InChI is InChI=1S/C31H28F9NO3/c1-15(2)24-13-25(26(43-5)8-16(24)3)23-7-6-20(29(32,33)34)11-19(23)14-41-17(4)27(44-28(41)42)18-9-21(30(35,36)37)12-22(10-18)31(38,39)40/h6-13,15,17,27H,14H2,1-5H3/t17-,27-/m0/s1. The first kappa shape index (κ1) is 33.0. The van der Waals surface area contributed by atoms with Crippen molar-refractivity contribution in [2.45, 2.75) is 70.8 Å². The molecule has 0 aromatic heterocycles. The minimum Gasteiger partial charge on any atom is -0.496 e. The fraction of sp³-hybridized carbons (Fsp3) is 0.387. The Hall–Kier alpha value is -3.90. The fourth-order valence-corrected chi connectivity index (χ4v) is 5.35. The third-order valence-electron chi connectivity index (χ3n) is 7.60. The second-order valence-corrected chi connectivity index (χ2v) is 10.9. The van der Waals surface area contributed by atoms with Crippen LogP contribution in [0.2, 0.25) is 0 Å². The summed E-state index contributed by atoms with van der Waals surface area (Å²) in [5.74, 6) is 0.396. The van der Waals surface area contributed by atoms with Gasteiger partial charge in [0.15, 0.2) is 0 Å². The van der Waals surface area contributed by atoms with Crippen molar-refractivity contribution in [3.63, 3.8) is 0 Å². The van der Waals surface area contributed by atoms with E-state index in [-0.39, 0.29) is 17.5 Å². The Kier molecular flexibility index (Phi) is 8.66. The molecule has 4 rings (SSSR count). The molecule has 0 unspecified atom stereocenters. The number of halogens is 9. The van der Waals surface area contributed by atoms with Crippen LogP contribution in [0.1, 0.15) is 71.7 Å². The van der Waals surface area contributed by atoms with Gasteiger partial charge in [-0.25, -0.2) is 4.79 Å². The van der Waals surface area contributed by atoms with Crippen molar-refractivity contribution < 1.29 is 53.8 Å². The van der Waals surface area contributed by atoms with Gasteiger partial charge in [0.05, 0.1) is 36.4 Å². The molecule has 4 nitrogen and oxygen atoms in total. The molecule has 44 heavy (non-hydrogen) atoms. The molecule has 1 amide bonds. The van der Waals surface area contributed by atoms with Crippen LogP contribution in [-0.4, -0.2) is 24.1 Å². The molecular formula is C31H28F9NO3. The summed E-state index contributed by atoms with van der Waals surface area (Å²) in [4.78, 5) is 14.0. The van der Waals surface area contributed by atoms with Gasteiger partial charge in [-0.15, -0.1) is 0 Å². The molecule has 1 saturated heterocycles. The maximum atomic E-state index is 13.8. The van der Waals surface area contributed by atoms with E-state index in [9.17, 15) is 44.3 Å². The van der Waals surface area contributed by atoms with Gasteiger partial charge in [-0.05, 0) is 90.0 Å². The Bertz CT molecular complexity index is 1530. The molecule has 0 aliphatic carbocycles. The van der Waals surface area contributed by atoms with E-state index >= 15 is 0 Å². The largest absolute Gasteiger partial charge is 0.496 e. The lowest BCUT2D eigenvalue weighted by Gasteiger charge is -2.25. The van der Waals surface area contributed by atoms with E-state index < -0.39 is 65.6 Å². The number of carbonyl (C=O) groups is 1. The Balaban J connectivity index is 1.81. The molecule has 0 N–H and O–H groups in total. The second-order valence-electron chi connectivity index (χ2n) is 10.9. The number of hydrogen-bond acceptors (Lipinski definition) is 3. The summed E-state index contributed by atoms with van der Waals surface area (Å²) >= 11 is 0. The molecule has 1 aliphatic rings. The molecule has 1 heterocycles. The number of rotatable bonds is 6. The van der Waals surface area contributed by atoms with Gasteiger partial charge in [0.25, 0.3) is 0 Å². The van der Waals surface area contributed by atoms with Gasteiger partial charge in [0.1, 0.15) is 11.9 Å². The number of amides is 1. The third-order valence-corrected chi connectivity index (χ3v) is 7.60. The normalized spacial score (nSPS) is 17.8. The second kappa shape index (κ2) is 11.6. The Morgan fingerprint density at radius 3 is 1.89 bits per heavy atom. The molecule has 238 valence electrons. The Morgan fingerprint density at radius 1 is 0.818 bits per heavy atom. The molecule has 0 saturated carbocycles. The minimum absolute atomic E-state index is 0.0150. The van der Waals surface area contributed by atoms with Crippen LogP contribution < -0.4 is 4.74 Å². The van der Waals surface area contributed by atoms with Crippen LogP contribution in [0.25, 0.3) is 11.1 Å². The van der Waals surface area contributed by atoms with Crippen molar-refractivity contribution >= 4 is 6.09 Å². The first-order valence-corrected chi connectivity index (χ1v) is 13.4. The number of ether oxygens (including phenoxy) is 2. The molecule has 2 atom stereocenters. The fourth-order valence-electron chi connectivity index (χ4n) is 5.35. The molecule has 0 radical (unpaired) electrons. The smallest absolute Gasteiger partial charge is 0.416 e. The molecule has 0 spiro atoms. The minimum atomic E-state index is -5.13. The maximum Gasteiger partial charge on any atom is 0.416 e. The zero-order valence-corrected chi connectivity index (χ0v) is 24.1. The van der Waals surface area contributed by atoms with Gasteiger partial charge in [0.2, 0.25) is 0 Å². The summed E-state index contributed by atoms with van der Waals surface area (Å²) < 4.78 is 133. The van der Waals surface area contributed by atoms with Crippen molar-refractivity contribution in [2.75, 3.05) is 7.11 Å². The van der Waals surface area contributed by atoms with Crippen molar-refractivity contribution in [3.8, 4) is 16.9 Å². The topological polar surface area (TPSA) is 38.8 Å². The highest BCUT2D eigenvalue weighted by Gasteiger charge is 2.44. The SMILES string of the molecule is COc1cc(C)c(C(C)C)cc1-c1ccc(C(F)(F)F)cc1CN1C(=O)O[C@H](c2cc(C(F)(F)F)cc(C(F)(F)F)c2)[C@@H]1C. The number of cyclic esters (lactones) is 1. The molecule has 3 aromatic carbocycles. The summed E-state index contributed by atoms with van der Waals surface area (Å²) in [6.45, 7) is 6.57. The Morgan fingerprint density at radius 2 is 1.39 bits per heavy atom. The monoisotopic (exact) mass is 633 g/mol. The molecule has 0 bridgehead atoms. The van der Waals surface area contributed by atoms with Gasteiger partial charge in [-0.2, -0.15) is 39.5 Å². The van der Waals surface area contributed by atoms with Crippen molar-refractivity contribution in [3.05, 3.63) is 87.5 Å². The number of nitrogens with zero attached hydrogens (tertiary/aromatic N) is 1. The average molecular weight is 634 g/mol. The lowest BCUT2D eigenvalue weighted by atomic mass is 9.90. The van der Waals surface area contributed by atoms with Gasteiger partial charge in [-0.1, -0.05) is 19.9 Å². The van der Waals surface area contributed by atoms with Crippen LogP contribution in [0.5, 0.6) is 5.75 Å². The quantitative estimate of drug-likeness (QED) is 0.254. The molecule has 1 aliphatic heterocycles. The summed E-state index contributed by atoms with van der Waals surface area (Å²) in [6.07, 6.45) is -17.7. The third kappa shape index (κ3) is 6.61. The highest BCUT2D eigenvalue weighted by molar-refractivity contribution is 5.77. The van der Waals surface area contributed by atoms with E-state index in [4.69, 9.17) is 9.47 Å². The number of hydrogen-bond donors (Lipinski definition) is 0. The highest BCUT2D eigenvalue weighted by atomic mass is 19.4.